The number of hydrogen-bond donors (Lipinski definition) is 2. The van der Waals surface area contributed by atoms with Gasteiger partial charge in [0.25, 0.3) is 0 Å². The third kappa shape index (κ3) is 4.78. The summed E-state index contributed by atoms with van der Waals surface area (Å²) >= 11 is 6.02. The van der Waals surface area contributed by atoms with Gasteiger partial charge in [0, 0.05) is 17.6 Å². The fourth-order valence-corrected chi connectivity index (χ4v) is 2.53. The minimum Gasteiger partial charge on any atom is -0.491 e. The summed E-state index contributed by atoms with van der Waals surface area (Å²) in [6.07, 6.45) is -0.671. The average molecular weight is 364 g/mol. The smallest absolute Gasteiger partial charge is 0.231 e. The van der Waals surface area contributed by atoms with Crippen molar-refractivity contribution in [3.63, 3.8) is 0 Å². The molecule has 1 unspecified atom stereocenters. The van der Waals surface area contributed by atoms with Gasteiger partial charge in [0.05, 0.1) is 6.42 Å². The second-order valence-corrected chi connectivity index (χ2v) is 5.96. The van der Waals surface area contributed by atoms with E-state index in [1.54, 1.807) is 36.4 Å². The maximum atomic E-state index is 11.9. The minimum absolute atomic E-state index is 0.0476. The highest BCUT2D eigenvalue weighted by Gasteiger charge is 2.15. The van der Waals surface area contributed by atoms with Gasteiger partial charge in [-0.15, -0.1) is 0 Å². The SMILES string of the molecule is O=C(Cc1ccccc1Cl)NCC(O)COc1ccc2c(c1)OCO2. The number of hydrogen-bond acceptors (Lipinski definition) is 5. The molecule has 0 saturated heterocycles. The van der Waals surface area contributed by atoms with Crippen LogP contribution >= 0.6 is 11.6 Å². The largest absolute Gasteiger partial charge is 0.491 e. The van der Waals surface area contributed by atoms with E-state index in [0.29, 0.717) is 22.3 Å². The topological polar surface area (TPSA) is 77.0 Å². The molecule has 0 bridgehead atoms. The molecule has 2 aromatic carbocycles. The normalized spacial score (nSPS) is 13.4. The van der Waals surface area contributed by atoms with Crippen molar-refractivity contribution >= 4 is 17.5 Å². The van der Waals surface area contributed by atoms with E-state index >= 15 is 0 Å². The first-order valence-corrected chi connectivity index (χ1v) is 8.20. The Morgan fingerprint density at radius 1 is 1.24 bits per heavy atom. The lowest BCUT2D eigenvalue weighted by atomic mass is 10.1. The zero-order chi connectivity index (χ0) is 17.6. The number of nitrogens with one attached hydrogen (secondary N) is 1. The maximum Gasteiger partial charge on any atom is 0.231 e. The Morgan fingerprint density at radius 3 is 2.88 bits per heavy atom. The van der Waals surface area contributed by atoms with Gasteiger partial charge in [-0.3, -0.25) is 4.79 Å². The van der Waals surface area contributed by atoms with Gasteiger partial charge in [0.1, 0.15) is 18.5 Å². The number of carbonyl (C=O) groups excluding carboxylic acids is 1. The van der Waals surface area contributed by atoms with E-state index in [1.165, 1.54) is 0 Å². The third-order valence-corrected chi connectivity index (χ3v) is 4.00. The monoisotopic (exact) mass is 363 g/mol. The van der Waals surface area contributed by atoms with E-state index in [1.807, 2.05) is 6.07 Å². The highest BCUT2D eigenvalue weighted by Crippen LogP contribution is 2.35. The molecule has 7 heteroatoms. The van der Waals surface area contributed by atoms with Crippen molar-refractivity contribution < 1.29 is 24.1 Å². The summed E-state index contributed by atoms with van der Waals surface area (Å²) in [7, 11) is 0. The highest BCUT2D eigenvalue weighted by molar-refractivity contribution is 6.31. The molecule has 0 radical (unpaired) electrons. The van der Waals surface area contributed by atoms with Crippen LogP contribution < -0.4 is 19.5 Å². The molecule has 1 atom stereocenters. The van der Waals surface area contributed by atoms with Crippen LogP contribution in [-0.2, 0) is 11.2 Å². The Bertz CT molecular complexity index is 752. The van der Waals surface area contributed by atoms with Crippen molar-refractivity contribution in [2.45, 2.75) is 12.5 Å². The Balaban J connectivity index is 1.41. The molecule has 2 N–H and O–H groups in total. The predicted molar refractivity (Wildman–Crippen MR) is 92.2 cm³/mol. The van der Waals surface area contributed by atoms with Gasteiger partial charge >= 0.3 is 0 Å². The lowest BCUT2D eigenvalue weighted by Crippen LogP contribution is -2.36. The van der Waals surface area contributed by atoms with E-state index in [0.717, 1.165) is 5.56 Å². The molecule has 0 aliphatic carbocycles. The van der Waals surface area contributed by atoms with Crippen LogP contribution in [0.1, 0.15) is 5.56 Å². The number of aliphatic hydroxyl groups excluding tert-OH is 1. The van der Waals surface area contributed by atoms with Crippen LogP contribution in [0.2, 0.25) is 5.02 Å². The summed E-state index contributed by atoms with van der Waals surface area (Å²) in [4.78, 5) is 11.9. The van der Waals surface area contributed by atoms with E-state index in [2.05, 4.69) is 5.32 Å². The van der Waals surface area contributed by atoms with Crippen LogP contribution in [0.4, 0.5) is 0 Å². The first-order valence-electron chi connectivity index (χ1n) is 7.82. The number of halogens is 1. The Hall–Kier alpha value is -2.44. The number of ether oxygens (including phenoxy) is 3. The van der Waals surface area contributed by atoms with Crippen LogP contribution in [0.15, 0.2) is 42.5 Å². The molecule has 0 spiro atoms. The number of benzene rings is 2. The first kappa shape index (κ1) is 17.4. The lowest BCUT2D eigenvalue weighted by Gasteiger charge is -2.14. The van der Waals surface area contributed by atoms with E-state index in [9.17, 15) is 9.90 Å². The van der Waals surface area contributed by atoms with Crippen LogP contribution in [0.3, 0.4) is 0 Å². The molecule has 3 rings (SSSR count). The molecule has 1 heterocycles. The summed E-state index contributed by atoms with van der Waals surface area (Å²) in [5.74, 6) is 1.63. The molecule has 25 heavy (non-hydrogen) atoms. The molecule has 132 valence electrons. The molecule has 1 aliphatic heterocycles. The Labute approximate surface area is 150 Å². The zero-order valence-corrected chi connectivity index (χ0v) is 14.2. The van der Waals surface area contributed by atoms with Crippen molar-refractivity contribution in [2.75, 3.05) is 19.9 Å². The van der Waals surface area contributed by atoms with Crippen molar-refractivity contribution in [2.24, 2.45) is 0 Å². The molecule has 6 nitrogen and oxygen atoms in total. The summed E-state index contributed by atoms with van der Waals surface area (Å²) in [6.45, 7) is 0.332. The van der Waals surface area contributed by atoms with Crippen molar-refractivity contribution in [3.05, 3.63) is 53.1 Å². The number of fused-ring (bicyclic) bond motifs is 1. The molecule has 1 amide bonds. The van der Waals surface area contributed by atoms with Gasteiger partial charge in [0.2, 0.25) is 12.7 Å². The molecule has 0 saturated carbocycles. The number of rotatable bonds is 7. The van der Waals surface area contributed by atoms with Gasteiger partial charge in [0.15, 0.2) is 11.5 Å². The second-order valence-electron chi connectivity index (χ2n) is 5.55. The minimum atomic E-state index is -0.833. The van der Waals surface area contributed by atoms with E-state index < -0.39 is 6.10 Å². The summed E-state index contributed by atoms with van der Waals surface area (Å²) in [6, 6.07) is 12.3. The zero-order valence-electron chi connectivity index (χ0n) is 13.4. The fourth-order valence-electron chi connectivity index (χ4n) is 2.33. The van der Waals surface area contributed by atoms with Crippen molar-refractivity contribution in [3.8, 4) is 17.2 Å². The number of carbonyl (C=O) groups is 1. The number of amides is 1. The summed E-state index contributed by atoms with van der Waals surface area (Å²) in [5, 5.41) is 13.2. The molecule has 0 fully saturated rings. The van der Waals surface area contributed by atoms with Gasteiger partial charge in [-0.25, -0.2) is 0 Å². The van der Waals surface area contributed by atoms with Gasteiger partial charge < -0.3 is 24.6 Å². The second kappa shape index (κ2) is 8.09. The first-order chi connectivity index (χ1) is 12.1. The summed E-state index contributed by atoms with van der Waals surface area (Å²) < 4.78 is 16.0. The molecule has 2 aromatic rings. The standard InChI is InChI=1S/C18H18ClNO5/c19-15-4-2-1-3-12(15)7-18(22)20-9-13(21)10-23-14-5-6-16-17(8-14)25-11-24-16/h1-6,8,13,21H,7,9-11H2,(H,20,22). The lowest BCUT2D eigenvalue weighted by molar-refractivity contribution is -0.121. The van der Waals surface area contributed by atoms with E-state index in [-0.39, 0.29) is 32.3 Å². The quantitative estimate of drug-likeness (QED) is 0.788. The van der Waals surface area contributed by atoms with Crippen LogP contribution in [0.25, 0.3) is 0 Å². The molecular weight excluding hydrogens is 346 g/mol. The van der Waals surface area contributed by atoms with Crippen LogP contribution in [0.5, 0.6) is 17.2 Å². The molecular formula is C18H18ClNO5. The van der Waals surface area contributed by atoms with E-state index in [4.69, 9.17) is 25.8 Å². The van der Waals surface area contributed by atoms with Crippen molar-refractivity contribution in [1.82, 2.24) is 5.32 Å². The Morgan fingerprint density at radius 2 is 2.04 bits per heavy atom. The molecule has 0 aromatic heterocycles. The summed E-state index contributed by atoms with van der Waals surface area (Å²) in [5.41, 5.74) is 0.743. The average Bonchev–Trinajstić information content (AvgIpc) is 3.08. The van der Waals surface area contributed by atoms with Crippen molar-refractivity contribution in [1.29, 1.82) is 0 Å². The van der Waals surface area contributed by atoms with Crippen LogP contribution in [0, 0.1) is 0 Å². The maximum absolute atomic E-state index is 11.9. The predicted octanol–water partition coefficient (Wildman–Crippen LogP) is 2.17. The van der Waals surface area contributed by atoms with Gasteiger partial charge in [-0.1, -0.05) is 29.8 Å². The van der Waals surface area contributed by atoms with Gasteiger partial charge in [-0.2, -0.15) is 0 Å². The Kier molecular flexibility index (Phi) is 5.63. The third-order valence-electron chi connectivity index (χ3n) is 3.63. The fraction of sp³-hybridized carbons (Fsp3) is 0.278. The van der Waals surface area contributed by atoms with Crippen LogP contribution in [-0.4, -0.2) is 37.1 Å². The number of aliphatic hydroxyl groups is 1. The highest BCUT2D eigenvalue weighted by atomic mass is 35.5. The van der Waals surface area contributed by atoms with Gasteiger partial charge in [-0.05, 0) is 23.8 Å². The molecule has 1 aliphatic rings.